The van der Waals surface area contributed by atoms with Crippen molar-refractivity contribution in [3.8, 4) is 0 Å². The van der Waals surface area contributed by atoms with Gasteiger partial charge in [0.05, 0.1) is 6.10 Å². The molecule has 0 aliphatic rings. The molecule has 13 heavy (non-hydrogen) atoms. The molecule has 0 bridgehead atoms. The molecule has 80 valence electrons. The van der Waals surface area contributed by atoms with E-state index in [0.29, 0.717) is 6.10 Å². The maximum Gasteiger partial charge on any atom is 0.0546 e. The fourth-order valence-corrected chi connectivity index (χ4v) is 1.37. The molecule has 0 aromatic heterocycles. The Morgan fingerprint density at radius 1 is 1.15 bits per heavy atom. The predicted molar refractivity (Wildman–Crippen MR) is 57.8 cm³/mol. The van der Waals surface area contributed by atoms with Gasteiger partial charge in [0.25, 0.3) is 0 Å². The lowest BCUT2D eigenvalue weighted by molar-refractivity contribution is 0.0571. The van der Waals surface area contributed by atoms with Crippen LogP contribution in [0.1, 0.15) is 52.4 Å². The number of rotatable bonds is 9. The molecule has 1 unspecified atom stereocenters. The monoisotopic (exact) mass is 187 g/mol. The summed E-state index contributed by atoms with van der Waals surface area (Å²) in [5, 5.41) is 0. The van der Waals surface area contributed by atoms with Crippen LogP contribution in [-0.2, 0) is 4.74 Å². The lowest BCUT2D eigenvalue weighted by Gasteiger charge is -2.11. The lowest BCUT2D eigenvalue weighted by Crippen LogP contribution is -2.08. The first-order valence-electron chi connectivity index (χ1n) is 5.63. The zero-order chi connectivity index (χ0) is 9.94. The van der Waals surface area contributed by atoms with E-state index in [4.69, 9.17) is 10.5 Å². The van der Waals surface area contributed by atoms with Crippen LogP contribution in [0.15, 0.2) is 0 Å². The van der Waals surface area contributed by atoms with Crippen LogP contribution in [0.25, 0.3) is 0 Å². The van der Waals surface area contributed by atoms with Gasteiger partial charge < -0.3 is 10.5 Å². The van der Waals surface area contributed by atoms with Gasteiger partial charge in [0, 0.05) is 6.61 Å². The van der Waals surface area contributed by atoms with Gasteiger partial charge in [-0.25, -0.2) is 0 Å². The zero-order valence-corrected chi connectivity index (χ0v) is 9.22. The molecule has 0 fully saturated rings. The van der Waals surface area contributed by atoms with Gasteiger partial charge in [-0.3, -0.25) is 0 Å². The minimum Gasteiger partial charge on any atom is -0.379 e. The maximum absolute atomic E-state index is 5.63. The third kappa shape index (κ3) is 9.84. The third-order valence-corrected chi connectivity index (χ3v) is 2.20. The average Bonchev–Trinajstić information content (AvgIpc) is 2.11. The van der Waals surface area contributed by atoms with Crippen LogP contribution in [0, 0.1) is 0 Å². The van der Waals surface area contributed by atoms with E-state index >= 15 is 0 Å². The summed E-state index contributed by atoms with van der Waals surface area (Å²) >= 11 is 0. The van der Waals surface area contributed by atoms with E-state index in [2.05, 4.69) is 13.8 Å². The van der Waals surface area contributed by atoms with Crippen molar-refractivity contribution in [3.05, 3.63) is 0 Å². The summed E-state index contributed by atoms with van der Waals surface area (Å²) in [6, 6.07) is 0. The Bertz CT molecular complexity index is 96.1. The summed E-state index contributed by atoms with van der Waals surface area (Å²) < 4.78 is 5.63. The molecular weight excluding hydrogens is 162 g/mol. The number of hydrogen-bond donors (Lipinski definition) is 1. The van der Waals surface area contributed by atoms with Gasteiger partial charge in [-0.1, -0.05) is 26.2 Å². The van der Waals surface area contributed by atoms with E-state index in [9.17, 15) is 0 Å². The van der Waals surface area contributed by atoms with Crippen molar-refractivity contribution in [2.75, 3.05) is 13.2 Å². The molecule has 0 aromatic rings. The van der Waals surface area contributed by atoms with Crippen LogP contribution in [-0.4, -0.2) is 19.3 Å². The fraction of sp³-hybridized carbons (Fsp3) is 1.00. The Morgan fingerprint density at radius 2 is 1.85 bits per heavy atom. The highest BCUT2D eigenvalue weighted by Gasteiger charge is 1.98. The quantitative estimate of drug-likeness (QED) is 0.563. The van der Waals surface area contributed by atoms with Crippen LogP contribution in [0.5, 0.6) is 0 Å². The van der Waals surface area contributed by atoms with Gasteiger partial charge >= 0.3 is 0 Å². The minimum atomic E-state index is 0.444. The third-order valence-electron chi connectivity index (χ3n) is 2.20. The van der Waals surface area contributed by atoms with Crippen LogP contribution in [0.2, 0.25) is 0 Å². The van der Waals surface area contributed by atoms with Gasteiger partial charge in [0.2, 0.25) is 0 Å². The first kappa shape index (κ1) is 12.9. The molecule has 0 amide bonds. The van der Waals surface area contributed by atoms with Crippen LogP contribution in [0.3, 0.4) is 0 Å². The molecule has 0 rings (SSSR count). The Hall–Kier alpha value is -0.0800. The first-order valence-corrected chi connectivity index (χ1v) is 5.63. The Kier molecular flexibility index (Phi) is 9.94. The SMILES string of the molecule is CCCC(C)OCCCCCCN. The number of nitrogens with two attached hydrogens (primary N) is 1. The summed E-state index contributed by atoms with van der Waals surface area (Å²) in [5.74, 6) is 0. The molecule has 0 aliphatic heterocycles. The van der Waals surface area contributed by atoms with Crippen LogP contribution < -0.4 is 5.73 Å². The molecule has 0 heterocycles. The standard InChI is InChI=1S/C11H25NO/c1-3-8-11(2)13-10-7-5-4-6-9-12/h11H,3-10,12H2,1-2H3. The fourth-order valence-electron chi connectivity index (χ4n) is 1.37. The molecule has 2 nitrogen and oxygen atoms in total. The predicted octanol–water partition coefficient (Wildman–Crippen LogP) is 2.71. The first-order chi connectivity index (χ1) is 6.31. The van der Waals surface area contributed by atoms with E-state index in [1.807, 2.05) is 0 Å². The van der Waals surface area contributed by atoms with Crippen LogP contribution in [0.4, 0.5) is 0 Å². The number of hydrogen-bond acceptors (Lipinski definition) is 2. The van der Waals surface area contributed by atoms with E-state index < -0.39 is 0 Å². The Labute approximate surface area is 82.8 Å². The van der Waals surface area contributed by atoms with Crippen molar-refractivity contribution in [1.29, 1.82) is 0 Å². The van der Waals surface area contributed by atoms with E-state index in [0.717, 1.165) is 19.6 Å². The second kappa shape index (κ2) is 10.0. The second-order valence-corrected chi connectivity index (χ2v) is 3.67. The van der Waals surface area contributed by atoms with Gasteiger partial charge in [0.15, 0.2) is 0 Å². The average molecular weight is 187 g/mol. The zero-order valence-electron chi connectivity index (χ0n) is 9.22. The summed E-state index contributed by atoms with van der Waals surface area (Å²) in [5.41, 5.74) is 5.40. The Balaban J connectivity index is 2.97. The highest BCUT2D eigenvalue weighted by molar-refractivity contribution is 4.49. The molecule has 0 radical (unpaired) electrons. The topological polar surface area (TPSA) is 35.2 Å². The van der Waals surface area contributed by atoms with Crippen molar-refractivity contribution in [1.82, 2.24) is 0 Å². The molecule has 0 aromatic carbocycles. The normalized spacial score (nSPS) is 13.2. The van der Waals surface area contributed by atoms with Crippen molar-refractivity contribution < 1.29 is 4.74 Å². The van der Waals surface area contributed by atoms with Crippen molar-refractivity contribution >= 4 is 0 Å². The van der Waals surface area contributed by atoms with E-state index in [1.165, 1.54) is 32.1 Å². The summed E-state index contributed by atoms with van der Waals surface area (Å²) in [6.07, 6.45) is 7.70. The van der Waals surface area contributed by atoms with Gasteiger partial charge in [-0.15, -0.1) is 0 Å². The van der Waals surface area contributed by atoms with Crippen LogP contribution >= 0.6 is 0 Å². The largest absolute Gasteiger partial charge is 0.379 e. The highest BCUT2D eigenvalue weighted by atomic mass is 16.5. The van der Waals surface area contributed by atoms with Crippen molar-refractivity contribution in [2.24, 2.45) is 5.73 Å². The van der Waals surface area contributed by atoms with Crippen molar-refractivity contribution in [3.63, 3.8) is 0 Å². The summed E-state index contributed by atoms with van der Waals surface area (Å²) in [6.45, 7) is 6.10. The maximum atomic E-state index is 5.63. The minimum absolute atomic E-state index is 0.444. The molecule has 0 saturated heterocycles. The molecule has 1 atom stereocenters. The smallest absolute Gasteiger partial charge is 0.0546 e. The summed E-state index contributed by atoms with van der Waals surface area (Å²) in [4.78, 5) is 0. The van der Waals surface area contributed by atoms with Crippen molar-refractivity contribution in [2.45, 2.75) is 58.5 Å². The van der Waals surface area contributed by atoms with E-state index in [-0.39, 0.29) is 0 Å². The molecular formula is C11H25NO. The number of ether oxygens (including phenoxy) is 1. The number of unbranched alkanes of at least 4 members (excludes halogenated alkanes) is 3. The van der Waals surface area contributed by atoms with E-state index in [1.54, 1.807) is 0 Å². The molecule has 0 saturated carbocycles. The lowest BCUT2D eigenvalue weighted by atomic mass is 10.2. The van der Waals surface area contributed by atoms with Gasteiger partial charge in [-0.05, 0) is 32.7 Å². The Morgan fingerprint density at radius 3 is 2.46 bits per heavy atom. The molecule has 0 spiro atoms. The highest BCUT2D eigenvalue weighted by Crippen LogP contribution is 2.04. The van der Waals surface area contributed by atoms with Gasteiger partial charge in [-0.2, -0.15) is 0 Å². The molecule has 0 aliphatic carbocycles. The summed E-state index contributed by atoms with van der Waals surface area (Å²) in [7, 11) is 0. The van der Waals surface area contributed by atoms with Gasteiger partial charge in [0.1, 0.15) is 0 Å². The second-order valence-electron chi connectivity index (χ2n) is 3.67. The molecule has 2 heteroatoms. The molecule has 2 N–H and O–H groups in total.